The van der Waals surface area contributed by atoms with Gasteiger partial charge in [-0.05, 0) is 48.9 Å². The Kier molecular flexibility index (Phi) is 6.47. The number of phenols is 1. The number of halogens is 1. The summed E-state index contributed by atoms with van der Waals surface area (Å²) in [6.07, 6.45) is 0.864. The van der Waals surface area contributed by atoms with E-state index in [1.165, 1.54) is 11.3 Å². The topological polar surface area (TPSA) is 59.0 Å². The second-order valence-electron chi connectivity index (χ2n) is 8.37. The molecule has 1 fully saturated rings. The number of benzene rings is 3. The van der Waals surface area contributed by atoms with E-state index < -0.39 is 0 Å². The number of aromatic hydroxyl groups is 1. The number of carbonyl (C=O) groups is 1. The Morgan fingerprint density at radius 1 is 1.06 bits per heavy atom. The lowest BCUT2D eigenvalue weighted by atomic mass is 10.1. The number of carbonyl (C=O) groups excluding carboxylic acids is 1. The number of nitrogens with zero attached hydrogens (tertiary/aromatic N) is 1. The number of likely N-dealkylation sites (tertiary alicyclic amines) is 1. The fourth-order valence-corrected chi connectivity index (χ4v) is 5.20. The summed E-state index contributed by atoms with van der Waals surface area (Å²) in [6, 6.07) is 21.3. The van der Waals surface area contributed by atoms with E-state index in [1.54, 1.807) is 42.5 Å². The van der Waals surface area contributed by atoms with Gasteiger partial charge in [0.05, 0.1) is 6.67 Å². The molecule has 34 heavy (non-hydrogen) atoms. The molecule has 174 valence electrons. The number of thiophene rings is 1. The van der Waals surface area contributed by atoms with Crippen LogP contribution in [-0.4, -0.2) is 42.3 Å². The predicted octanol–water partition coefficient (Wildman–Crippen LogP) is 6.26. The van der Waals surface area contributed by atoms with Gasteiger partial charge in [-0.15, -0.1) is 11.3 Å². The van der Waals surface area contributed by atoms with Crippen LogP contribution in [0, 0.1) is 5.92 Å². The van der Waals surface area contributed by atoms with Crippen molar-refractivity contribution in [1.82, 2.24) is 4.90 Å². The predicted molar refractivity (Wildman–Crippen MR) is 131 cm³/mol. The molecule has 0 bridgehead atoms. The molecule has 7 heteroatoms. The molecule has 0 aliphatic carbocycles. The van der Waals surface area contributed by atoms with E-state index in [2.05, 4.69) is 4.90 Å². The minimum absolute atomic E-state index is 0.106. The zero-order valence-corrected chi connectivity index (χ0v) is 19.3. The average Bonchev–Trinajstić information content (AvgIpc) is 3.48. The summed E-state index contributed by atoms with van der Waals surface area (Å²) in [5.74, 6) is 1.84. The minimum atomic E-state index is -0.284. The Hall–Kier alpha value is -3.42. The standard InChI is InChI=1S/C27H24FNO4S/c28-15-18-12-13-29(16-18)17-32-21-7-9-22(10-8-21)33-26-23-11-6-20(30)14-24(23)34-27(26)25(31)19-4-2-1-3-5-19/h1-11,14,18,30H,12-13,15-17H2. The molecule has 0 spiro atoms. The number of ether oxygens (including phenoxy) is 2. The molecule has 1 N–H and O–H groups in total. The molecule has 1 atom stereocenters. The number of hydrogen-bond donors (Lipinski definition) is 1. The van der Waals surface area contributed by atoms with Crippen molar-refractivity contribution in [2.75, 3.05) is 26.5 Å². The molecule has 1 aliphatic heterocycles. The van der Waals surface area contributed by atoms with Crippen molar-refractivity contribution < 1.29 is 23.8 Å². The van der Waals surface area contributed by atoms with Crippen molar-refractivity contribution in [1.29, 1.82) is 0 Å². The normalized spacial score (nSPS) is 16.1. The van der Waals surface area contributed by atoms with E-state index in [0.29, 0.717) is 34.4 Å². The number of alkyl halides is 1. The van der Waals surface area contributed by atoms with Crippen molar-refractivity contribution in [2.45, 2.75) is 6.42 Å². The van der Waals surface area contributed by atoms with Crippen molar-refractivity contribution in [3.05, 3.63) is 83.2 Å². The molecule has 0 amide bonds. The molecule has 1 saturated heterocycles. The van der Waals surface area contributed by atoms with Crippen LogP contribution in [0.25, 0.3) is 10.1 Å². The van der Waals surface area contributed by atoms with Crippen LogP contribution in [0.3, 0.4) is 0 Å². The third kappa shape index (κ3) is 4.76. The molecule has 2 heterocycles. The molecule has 1 aliphatic rings. The second-order valence-corrected chi connectivity index (χ2v) is 9.42. The monoisotopic (exact) mass is 477 g/mol. The first-order valence-electron chi connectivity index (χ1n) is 11.1. The molecule has 5 nitrogen and oxygen atoms in total. The quantitative estimate of drug-likeness (QED) is 0.304. The van der Waals surface area contributed by atoms with Gasteiger partial charge < -0.3 is 14.6 Å². The van der Waals surface area contributed by atoms with E-state index in [-0.39, 0.29) is 24.1 Å². The largest absolute Gasteiger partial charge is 0.508 e. The van der Waals surface area contributed by atoms with Gasteiger partial charge in [-0.1, -0.05) is 30.3 Å². The van der Waals surface area contributed by atoms with E-state index in [0.717, 1.165) is 29.6 Å². The Bertz CT molecular complexity index is 1290. The molecule has 3 aromatic carbocycles. The summed E-state index contributed by atoms with van der Waals surface area (Å²) in [6.45, 7) is 1.70. The summed E-state index contributed by atoms with van der Waals surface area (Å²) >= 11 is 1.30. The number of phenolic OH excluding ortho intramolecular Hbond substituents is 1. The lowest BCUT2D eigenvalue weighted by Gasteiger charge is -2.16. The number of hydrogen-bond acceptors (Lipinski definition) is 6. The molecule has 4 aromatic rings. The molecule has 1 unspecified atom stereocenters. The Balaban J connectivity index is 1.36. The highest BCUT2D eigenvalue weighted by Gasteiger charge is 2.23. The van der Waals surface area contributed by atoms with Gasteiger partial charge in [0.15, 0.2) is 5.75 Å². The van der Waals surface area contributed by atoms with Crippen LogP contribution in [0.2, 0.25) is 0 Å². The van der Waals surface area contributed by atoms with Gasteiger partial charge in [0.1, 0.15) is 28.9 Å². The highest BCUT2D eigenvalue weighted by Crippen LogP contribution is 2.42. The fourth-order valence-electron chi connectivity index (χ4n) is 4.08. The van der Waals surface area contributed by atoms with Crippen LogP contribution in [-0.2, 0) is 0 Å². The third-order valence-electron chi connectivity index (χ3n) is 5.92. The second kappa shape index (κ2) is 9.83. The number of fused-ring (bicyclic) bond motifs is 1. The minimum Gasteiger partial charge on any atom is -0.508 e. The molecule has 0 radical (unpaired) electrons. The Labute approximate surface area is 201 Å². The van der Waals surface area contributed by atoms with Gasteiger partial charge in [0.2, 0.25) is 5.78 Å². The van der Waals surface area contributed by atoms with Gasteiger partial charge in [-0.3, -0.25) is 14.1 Å². The fraction of sp³-hybridized carbons (Fsp3) is 0.222. The van der Waals surface area contributed by atoms with Crippen LogP contribution in [0.4, 0.5) is 4.39 Å². The lowest BCUT2D eigenvalue weighted by molar-refractivity contribution is 0.104. The maximum absolute atomic E-state index is 13.2. The van der Waals surface area contributed by atoms with E-state index in [4.69, 9.17) is 9.47 Å². The van der Waals surface area contributed by atoms with Crippen molar-refractivity contribution in [3.8, 4) is 23.0 Å². The van der Waals surface area contributed by atoms with Crippen molar-refractivity contribution in [3.63, 3.8) is 0 Å². The first-order chi connectivity index (χ1) is 16.6. The van der Waals surface area contributed by atoms with E-state index in [9.17, 15) is 14.3 Å². The van der Waals surface area contributed by atoms with Crippen LogP contribution in [0.1, 0.15) is 21.7 Å². The smallest absolute Gasteiger partial charge is 0.206 e. The first kappa shape index (κ1) is 22.4. The van der Waals surface area contributed by atoms with Gasteiger partial charge in [0, 0.05) is 34.7 Å². The Morgan fingerprint density at radius 2 is 1.82 bits per heavy atom. The molecule has 0 saturated carbocycles. The summed E-state index contributed by atoms with van der Waals surface area (Å²) < 4.78 is 25.6. The third-order valence-corrected chi connectivity index (χ3v) is 7.05. The van der Waals surface area contributed by atoms with Crippen LogP contribution >= 0.6 is 11.3 Å². The van der Waals surface area contributed by atoms with Crippen LogP contribution in [0.15, 0.2) is 72.8 Å². The summed E-state index contributed by atoms with van der Waals surface area (Å²) in [5, 5.41) is 10.7. The highest BCUT2D eigenvalue weighted by atomic mass is 32.1. The number of rotatable bonds is 8. The van der Waals surface area contributed by atoms with Gasteiger partial charge in [-0.2, -0.15) is 0 Å². The SMILES string of the molecule is O=C(c1ccccc1)c1sc2cc(O)ccc2c1Oc1ccc(OCN2CCC(CF)C2)cc1. The van der Waals surface area contributed by atoms with Crippen LogP contribution < -0.4 is 9.47 Å². The Morgan fingerprint density at radius 3 is 2.56 bits per heavy atom. The van der Waals surface area contributed by atoms with Gasteiger partial charge >= 0.3 is 0 Å². The molecule has 5 rings (SSSR count). The maximum Gasteiger partial charge on any atom is 0.206 e. The number of ketones is 1. The van der Waals surface area contributed by atoms with Crippen LogP contribution in [0.5, 0.6) is 23.0 Å². The van der Waals surface area contributed by atoms with Gasteiger partial charge in [0.25, 0.3) is 0 Å². The highest BCUT2D eigenvalue weighted by molar-refractivity contribution is 7.21. The molecule has 1 aromatic heterocycles. The summed E-state index contributed by atoms with van der Waals surface area (Å²) in [4.78, 5) is 15.8. The average molecular weight is 478 g/mol. The summed E-state index contributed by atoms with van der Waals surface area (Å²) in [7, 11) is 0. The lowest BCUT2D eigenvalue weighted by Crippen LogP contribution is -2.26. The van der Waals surface area contributed by atoms with Crippen molar-refractivity contribution in [2.24, 2.45) is 5.92 Å². The molecular formula is C27H24FNO4S. The van der Waals surface area contributed by atoms with E-state index >= 15 is 0 Å². The zero-order chi connectivity index (χ0) is 23.5. The zero-order valence-electron chi connectivity index (χ0n) is 18.4. The van der Waals surface area contributed by atoms with E-state index in [1.807, 2.05) is 30.3 Å². The van der Waals surface area contributed by atoms with Gasteiger partial charge in [-0.25, -0.2) is 0 Å². The molecular weight excluding hydrogens is 453 g/mol. The van der Waals surface area contributed by atoms with Crippen molar-refractivity contribution >= 4 is 27.2 Å². The maximum atomic E-state index is 13.2. The summed E-state index contributed by atoms with van der Waals surface area (Å²) in [5.41, 5.74) is 0.573. The first-order valence-corrected chi connectivity index (χ1v) is 12.0.